The van der Waals surface area contributed by atoms with Gasteiger partial charge in [0.05, 0.1) is 13.0 Å². The summed E-state index contributed by atoms with van der Waals surface area (Å²) in [5.74, 6) is -0.00392. The number of carboxylic acids is 1. The highest BCUT2D eigenvalue weighted by Crippen LogP contribution is 2.49. The van der Waals surface area contributed by atoms with Crippen LogP contribution in [-0.2, 0) is 9.53 Å². The van der Waals surface area contributed by atoms with Gasteiger partial charge in [-0.1, -0.05) is 0 Å². The molecule has 0 spiro atoms. The Morgan fingerprint density at radius 1 is 1.56 bits per heavy atom. The van der Waals surface area contributed by atoms with Gasteiger partial charge in [-0.2, -0.15) is 0 Å². The first-order valence-corrected chi connectivity index (χ1v) is 6.07. The third-order valence-electron chi connectivity index (χ3n) is 3.81. The Hall–Kier alpha value is -0.610. The number of carboxylic acid groups (broad SMARTS) is 1. The molecule has 1 unspecified atom stereocenters. The Balaban J connectivity index is 1.76. The van der Waals surface area contributed by atoms with Crippen molar-refractivity contribution in [2.75, 3.05) is 33.4 Å². The SMILES string of the molecule is COCC1CCN(CC2(CC(=O)O)CC2)C1. The molecule has 4 heteroatoms. The van der Waals surface area contributed by atoms with Crippen LogP contribution in [0, 0.1) is 11.3 Å². The summed E-state index contributed by atoms with van der Waals surface area (Å²) < 4.78 is 5.16. The zero-order chi connectivity index (χ0) is 11.6. The van der Waals surface area contributed by atoms with Gasteiger partial charge in [-0.05, 0) is 37.1 Å². The van der Waals surface area contributed by atoms with Gasteiger partial charge in [0.25, 0.3) is 0 Å². The van der Waals surface area contributed by atoms with E-state index in [0.29, 0.717) is 12.3 Å². The van der Waals surface area contributed by atoms with Gasteiger partial charge in [0.1, 0.15) is 0 Å². The molecule has 1 saturated heterocycles. The molecule has 1 saturated carbocycles. The Bertz CT molecular complexity index is 263. The second-order valence-corrected chi connectivity index (χ2v) is 5.42. The highest BCUT2D eigenvalue weighted by atomic mass is 16.5. The van der Waals surface area contributed by atoms with Crippen LogP contribution in [0.2, 0.25) is 0 Å². The first kappa shape index (κ1) is 11.9. The van der Waals surface area contributed by atoms with Gasteiger partial charge in [-0.3, -0.25) is 4.79 Å². The summed E-state index contributed by atoms with van der Waals surface area (Å²) in [4.78, 5) is 13.2. The molecule has 0 radical (unpaired) electrons. The van der Waals surface area contributed by atoms with E-state index < -0.39 is 5.97 Å². The Kier molecular flexibility index (Phi) is 3.50. The fourth-order valence-electron chi connectivity index (χ4n) is 2.79. The van der Waals surface area contributed by atoms with Crippen LogP contribution in [0.3, 0.4) is 0 Å². The summed E-state index contributed by atoms with van der Waals surface area (Å²) in [7, 11) is 1.75. The number of aliphatic carboxylic acids is 1. The van der Waals surface area contributed by atoms with E-state index in [1.54, 1.807) is 7.11 Å². The maximum absolute atomic E-state index is 10.8. The predicted molar refractivity (Wildman–Crippen MR) is 60.3 cm³/mol. The predicted octanol–water partition coefficient (Wildman–Crippen LogP) is 1.21. The number of methoxy groups -OCH3 is 1. The molecule has 1 atom stereocenters. The van der Waals surface area contributed by atoms with E-state index in [9.17, 15) is 4.79 Å². The summed E-state index contributed by atoms with van der Waals surface area (Å²) >= 11 is 0. The van der Waals surface area contributed by atoms with Crippen molar-refractivity contribution < 1.29 is 14.6 Å². The van der Waals surface area contributed by atoms with E-state index >= 15 is 0 Å². The Labute approximate surface area is 96.6 Å². The van der Waals surface area contributed by atoms with Crippen LogP contribution in [0.15, 0.2) is 0 Å². The topological polar surface area (TPSA) is 49.8 Å². The third kappa shape index (κ3) is 2.95. The van der Waals surface area contributed by atoms with Gasteiger partial charge < -0.3 is 14.7 Å². The molecule has 2 fully saturated rings. The first-order chi connectivity index (χ1) is 7.63. The summed E-state index contributed by atoms with van der Waals surface area (Å²) in [6.45, 7) is 3.99. The van der Waals surface area contributed by atoms with Gasteiger partial charge in [0.2, 0.25) is 0 Å². The van der Waals surface area contributed by atoms with Crippen LogP contribution in [0.25, 0.3) is 0 Å². The molecule has 1 N–H and O–H groups in total. The lowest BCUT2D eigenvalue weighted by molar-refractivity contribution is -0.138. The van der Waals surface area contributed by atoms with Crippen molar-refractivity contribution in [1.82, 2.24) is 4.90 Å². The van der Waals surface area contributed by atoms with E-state index in [4.69, 9.17) is 9.84 Å². The van der Waals surface area contributed by atoms with Gasteiger partial charge in [-0.25, -0.2) is 0 Å². The lowest BCUT2D eigenvalue weighted by Gasteiger charge is -2.22. The Morgan fingerprint density at radius 2 is 2.31 bits per heavy atom. The van der Waals surface area contributed by atoms with Crippen molar-refractivity contribution in [3.8, 4) is 0 Å². The van der Waals surface area contributed by atoms with Crippen LogP contribution in [-0.4, -0.2) is 49.3 Å². The fraction of sp³-hybridized carbons (Fsp3) is 0.917. The zero-order valence-electron chi connectivity index (χ0n) is 9.95. The number of carbonyl (C=O) groups is 1. The number of hydrogen-bond acceptors (Lipinski definition) is 3. The normalized spacial score (nSPS) is 28.2. The summed E-state index contributed by atoms with van der Waals surface area (Å²) in [5, 5.41) is 8.86. The zero-order valence-corrected chi connectivity index (χ0v) is 9.95. The van der Waals surface area contributed by atoms with Crippen LogP contribution < -0.4 is 0 Å². The van der Waals surface area contributed by atoms with Gasteiger partial charge in [0, 0.05) is 20.2 Å². The van der Waals surface area contributed by atoms with Gasteiger partial charge >= 0.3 is 5.97 Å². The monoisotopic (exact) mass is 227 g/mol. The van der Waals surface area contributed by atoms with E-state index in [-0.39, 0.29) is 5.41 Å². The molecule has 0 aromatic heterocycles. The highest BCUT2D eigenvalue weighted by molar-refractivity contribution is 5.68. The smallest absolute Gasteiger partial charge is 0.303 e. The van der Waals surface area contributed by atoms with Crippen molar-refractivity contribution >= 4 is 5.97 Å². The molecule has 0 amide bonds. The van der Waals surface area contributed by atoms with E-state index in [1.807, 2.05) is 0 Å². The van der Waals surface area contributed by atoms with Crippen LogP contribution in [0.4, 0.5) is 0 Å². The molecule has 1 heterocycles. The molecule has 92 valence electrons. The minimum atomic E-state index is -0.648. The van der Waals surface area contributed by atoms with Gasteiger partial charge in [0.15, 0.2) is 0 Å². The van der Waals surface area contributed by atoms with Gasteiger partial charge in [-0.15, -0.1) is 0 Å². The van der Waals surface area contributed by atoms with Crippen LogP contribution >= 0.6 is 0 Å². The minimum Gasteiger partial charge on any atom is -0.481 e. The van der Waals surface area contributed by atoms with Crippen molar-refractivity contribution in [1.29, 1.82) is 0 Å². The van der Waals surface area contributed by atoms with E-state index in [1.165, 1.54) is 6.42 Å². The summed E-state index contributed by atoms with van der Waals surface area (Å²) in [6.07, 6.45) is 3.71. The lowest BCUT2D eigenvalue weighted by Crippen LogP contribution is -2.30. The van der Waals surface area contributed by atoms with Crippen molar-refractivity contribution in [3.05, 3.63) is 0 Å². The number of nitrogens with zero attached hydrogens (tertiary/aromatic N) is 1. The molecule has 0 bridgehead atoms. The molecule has 4 nitrogen and oxygen atoms in total. The first-order valence-electron chi connectivity index (χ1n) is 6.07. The average molecular weight is 227 g/mol. The second-order valence-electron chi connectivity index (χ2n) is 5.42. The van der Waals surface area contributed by atoms with Crippen LogP contribution in [0.1, 0.15) is 25.7 Å². The molecule has 0 aromatic carbocycles. The standard InChI is InChI=1S/C12H21NO3/c1-16-8-10-2-5-13(7-10)9-12(3-4-12)6-11(14)15/h10H,2-9H2,1H3,(H,14,15). The molecule has 1 aliphatic heterocycles. The largest absolute Gasteiger partial charge is 0.481 e. The number of likely N-dealkylation sites (tertiary alicyclic amines) is 1. The fourth-order valence-corrected chi connectivity index (χ4v) is 2.79. The summed E-state index contributed by atoms with van der Waals surface area (Å²) in [5.41, 5.74) is 0.105. The number of hydrogen-bond donors (Lipinski definition) is 1. The molecule has 2 rings (SSSR count). The maximum Gasteiger partial charge on any atom is 0.303 e. The molecular weight excluding hydrogens is 206 g/mol. The van der Waals surface area contributed by atoms with Crippen molar-refractivity contribution in [2.45, 2.75) is 25.7 Å². The summed E-state index contributed by atoms with van der Waals surface area (Å²) in [6, 6.07) is 0. The highest BCUT2D eigenvalue weighted by Gasteiger charge is 2.46. The average Bonchev–Trinajstić information content (AvgIpc) is 2.77. The number of rotatable bonds is 6. The molecule has 16 heavy (non-hydrogen) atoms. The Morgan fingerprint density at radius 3 is 2.88 bits per heavy atom. The second kappa shape index (κ2) is 4.72. The molecule has 2 aliphatic rings. The van der Waals surface area contributed by atoms with E-state index in [0.717, 1.165) is 39.1 Å². The van der Waals surface area contributed by atoms with E-state index in [2.05, 4.69) is 4.90 Å². The third-order valence-corrected chi connectivity index (χ3v) is 3.81. The number of ether oxygens (including phenoxy) is 1. The van der Waals surface area contributed by atoms with Crippen molar-refractivity contribution in [3.63, 3.8) is 0 Å². The minimum absolute atomic E-state index is 0.105. The maximum atomic E-state index is 10.8. The molecule has 0 aromatic rings. The lowest BCUT2D eigenvalue weighted by atomic mass is 10.0. The quantitative estimate of drug-likeness (QED) is 0.741. The molecule has 1 aliphatic carbocycles. The van der Waals surface area contributed by atoms with Crippen molar-refractivity contribution in [2.24, 2.45) is 11.3 Å². The van der Waals surface area contributed by atoms with Crippen LogP contribution in [0.5, 0.6) is 0 Å². The molecular formula is C12H21NO3.